The van der Waals surface area contributed by atoms with Crippen molar-refractivity contribution in [3.63, 3.8) is 0 Å². The second-order valence-corrected chi connectivity index (χ2v) is 5.73. The molecule has 3 nitrogen and oxygen atoms in total. The average Bonchev–Trinajstić information content (AvgIpc) is 2.38. The maximum atomic E-state index is 13.3. The van der Waals surface area contributed by atoms with Crippen LogP contribution in [0.1, 0.15) is 43.5 Å². The molecular formula is C15H21FN2O. The lowest BCUT2D eigenvalue weighted by Gasteiger charge is -2.39. The van der Waals surface area contributed by atoms with Crippen LogP contribution in [0.3, 0.4) is 0 Å². The molecule has 19 heavy (non-hydrogen) atoms. The van der Waals surface area contributed by atoms with Crippen LogP contribution in [0.2, 0.25) is 0 Å². The zero-order valence-corrected chi connectivity index (χ0v) is 11.6. The second kappa shape index (κ2) is 5.19. The molecule has 2 N–H and O–H groups in total. The zero-order chi connectivity index (χ0) is 14.0. The van der Waals surface area contributed by atoms with Gasteiger partial charge in [0.25, 0.3) is 5.91 Å². The number of hydrogen-bond donors (Lipinski definition) is 1. The van der Waals surface area contributed by atoms with Crippen LogP contribution in [-0.2, 0) is 0 Å². The molecule has 1 saturated heterocycles. The third kappa shape index (κ3) is 3.06. The summed E-state index contributed by atoms with van der Waals surface area (Å²) in [7, 11) is 0. The number of carbonyl (C=O) groups is 1. The van der Waals surface area contributed by atoms with E-state index in [1.165, 1.54) is 12.1 Å². The molecule has 1 aromatic rings. The highest BCUT2D eigenvalue weighted by Crippen LogP contribution is 2.34. The number of rotatable bonds is 2. The van der Waals surface area contributed by atoms with Crippen LogP contribution in [0, 0.1) is 11.2 Å². The van der Waals surface area contributed by atoms with E-state index in [0.717, 1.165) is 32.4 Å². The van der Waals surface area contributed by atoms with Gasteiger partial charge in [0, 0.05) is 24.3 Å². The molecule has 0 atom stereocenters. The number of benzene rings is 1. The summed E-state index contributed by atoms with van der Waals surface area (Å²) in [5.41, 5.74) is 6.55. The minimum atomic E-state index is -0.459. The number of amides is 1. The van der Waals surface area contributed by atoms with Crippen LogP contribution in [0.25, 0.3) is 0 Å². The summed E-state index contributed by atoms with van der Waals surface area (Å²) in [6.45, 7) is 5.92. The van der Waals surface area contributed by atoms with E-state index < -0.39 is 5.82 Å². The highest BCUT2D eigenvalue weighted by molar-refractivity contribution is 5.95. The van der Waals surface area contributed by atoms with E-state index in [2.05, 4.69) is 13.8 Å². The molecule has 0 spiro atoms. The highest BCUT2D eigenvalue weighted by atomic mass is 19.1. The number of piperidine rings is 1. The molecule has 0 radical (unpaired) electrons. The Morgan fingerprint density at radius 2 is 2.00 bits per heavy atom. The van der Waals surface area contributed by atoms with E-state index in [1.807, 2.05) is 0 Å². The lowest BCUT2D eigenvalue weighted by molar-refractivity contribution is 0.0600. The van der Waals surface area contributed by atoms with Gasteiger partial charge in [-0.25, -0.2) is 4.39 Å². The quantitative estimate of drug-likeness (QED) is 0.834. The summed E-state index contributed by atoms with van der Waals surface area (Å²) in [6, 6.07) is 4.02. The third-order valence-electron chi connectivity index (χ3n) is 4.28. The molecule has 0 bridgehead atoms. The molecule has 2 rings (SSSR count). The fraction of sp³-hybridized carbons (Fsp3) is 0.533. The van der Waals surface area contributed by atoms with Crippen LogP contribution in [0.15, 0.2) is 18.2 Å². The summed E-state index contributed by atoms with van der Waals surface area (Å²) >= 11 is 0. The van der Waals surface area contributed by atoms with Gasteiger partial charge in [0.05, 0.1) is 0 Å². The summed E-state index contributed by atoms with van der Waals surface area (Å²) in [5.74, 6) is -0.580. The number of anilines is 1. The van der Waals surface area contributed by atoms with Crippen LogP contribution < -0.4 is 5.73 Å². The van der Waals surface area contributed by atoms with Crippen LogP contribution in [0.5, 0.6) is 0 Å². The Hall–Kier alpha value is -1.58. The Morgan fingerprint density at radius 1 is 1.37 bits per heavy atom. The second-order valence-electron chi connectivity index (χ2n) is 5.73. The van der Waals surface area contributed by atoms with Gasteiger partial charge in [-0.1, -0.05) is 20.3 Å². The van der Waals surface area contributed by atoms with Gasteiger partial charge < -0.3 is 10.6 Å². The van der Waals surface area contributed by atoms with Crippen LogP contribution >= 0.6 is 0 Å². The van der Waals surface area contributed by atoms with Crippen molar-refractivity contribution < 1.29 is 9.18 Å². The number of nitrogens with zero attached hydrogens (tertiary/aromatic N) is 1. The van der Waals surface area contributed by atoms with Crippen molar-refractivity contribution in [1.82, 2.24) is 4.90 Å². The number of nitrogen functional groups attached to an aromatic ring is 1. The molecule has 0 unspecified atom stereocenters. The Morgan fingerprint density at radius 3 is 2.53 bits per heavy atom. The van der Waals surface area contributed by atoms with E-state index in [-0.39, 0.29) is 5.91 Å². The van der Waals surface area contributed by atoms with Crippen molar-refractivity contribution in [3.05, 3.63) is 29.6 Å². The van der Waals surface area contributed by atoms with Crippen molar-refractivity contribution in [2.24, 2.45) is 5.41 Å². The van der Waals surface area contributed by atoms with E-state index >= 15 is 0 Å². The van der Waals surface area contributed by atoms with E-state index in [9.17, 15) is 9.18 Å². The molecule has 0 saturated carbocycles. The number of halogens is 1. The minimum absolute atomic E-state index is 0.121. The topological polar surface area (TPSA) is 46.3 Å². The lowest BCUT2D eigenvalue weighted by Crippen LogP contribution is -2.42. The zero-order valence-electron chi connectivity index (χ0n) is 11.6. The molecule has 0 aromatic heterocycles. The number of hydrogen-bond acceptors (Lipinski definition) is 2. The van der Waals surface area contributed by atoms with E-state index in [4.69, 9.17) is 5.73 Å². The van der Waals surface area contributed by atoms with Crippen LogP contribution in [0.4, 0.5) is 10.1 Å². The fourth-order valence-corrected chi connectivity index (χ4v) is 2.52. The normalized spacial score (nSPS) is 18.4. The molecular weight excluding hydrogens is 243 g/mol. The minimum Gasteiger partial charge on any atom is -0.399 e. The van der Waals surface area contributed by atoms with Crippen LogP contribution in [-0.4, -0.2) is 23.9 Å². The van der Waals surface area contributed by atoms with Crippen molar-refractivity contribution in [1.29, 1.82) is 0 Å². The fourth-order valence-electron chi connectivity index (χ4n) is 2.52. The Kier molecular flexibility index (Phi) is 3.78. The molecule has 1 fully saturated rings. The molecule has 0 aliphatic carbocycles. The molecule has 1 aliphatic heterocycles. The summed E-state index contributed by atoms with van der Waals surface area (Å²) in [4.78, 5) is 14.1. The Bertz CT molecular complexity index is 459. The monoisotopic (exact) mass is 264 g/mol. The van der Waals surface area contributed by atoms with Gasteiger partial charge in [-0.3, -0.25) is 4.79 Å². The smallest absolute Gasteiger partial charge is 0.254 e. The average molecular weight is 264 g/mol. The Labute approximate surface area is 113 Å². The maximum absolute atomic E-state index is 13.3. The lowest BCUT2D eigenvalue weighted by atomic mass is 9.78. The molecule has 1 aromatic carbocycles. The largest absolute Gasteiger partial charge is 0.399 e. The molecule has 104 valence electrons. The van der Waals surface area contributed by atoms with Gasteiger partial charge >= 0.3 is 0 Å². The first-order chi connectivity index (χ1) is 8.93. The standard InChI is InChI=1S/C15H21FN2O/c1-3-15(2)4-6-18(7-5-15)14(19)11-8-12(16)10-13(17)9-11/h8-10H,3-7,17H2,1-2H3. The molecule has 1 heterocycles. The van der Waals surface area contributed by atoms with E-state index in [0.29, 0.717) is 16.7 Å². The van der Waals surface area contributed by atoms with Gasteiger partial charge in [0.15, 0.2) is 0 Å². The SMILES string of the molecule is CCC1(C)CCN(C(=O)c2cc(N)cc(F)c2)CC1. The van der Waals surface area contributed by atoms with Gasteiger partial charge in [-0.15, -0.1) is 0 Å². The van der Waals surface area contributed by atoms with Crippen molar-refractivity contribution in [2.75, 3.05) is 18.8 Å². The van der Waals surface area contributed by atoms with Gasteiger partial charge in [-0.05, 0) is 36.5 Å². The van der Waals surface area contributed by atoms with Crippen molar-refractivity contribution >= 4 is 11.6 Å². The maximum Gasteiger partial charge on any atom is 0.254 e. The number of likely N-dealkylation sites (tertiary alicyclic amines) is 1. The summed E-state index contributed by atoms with van der Waals surface area (Å²) in [5, 5.41) is 0. The summed E-state index contributed by atoms with van der Waals surface area (Å²) in [6.07, 6.45) is 3.13. The molecule has 4 heteroatoms. The first-order valence-corrected chi connectivity index (χ1v) is 6.79. The molecule has 1 aliphatic rings. The van der Waals surface area contributed by atoms with Gasteiger partial charge in [-0.2, -0.15) is 0 Å². The van der Waals surface area contributed by atoms with Crippen molar-refractivity contribution in [2.45, 2.75) is 33.1 Å². The number of carbonyl (C=O) groups excluding carboxylic acids is 1. The van der Waals surface area contributed by atoms with Crippen molar-refractivity contribution in [3.8, 4) is 0 Å². The predicted molar refractivity (Wildman–Crippen MR) is 74.3 cm³/mol. The molecule has 1 amide bonds. The first kappa shape index (κ1) is 13.8. The predicted octanol–water partition coefficient (Wildman–Crippen LogP) is 3.06. The van der Waals surface area contributed by atoms with E-state index in [1.54, 1.807) is 11.0 Å². The highest BCUT2D eigenvalue weighted by Gasteiger charge is 2.30. The van der Waals surface area contributed by atoms with Gasteiger partial charge in [0.1, 0.15) is 5.82 Å². The number of nitrogens with two attached hydrogens (primary N) is 1. The third-order valence-corrected chi connectivity index (χ3v) is 4.28. The first-order valence-electron chi connectivity index (χ1n) is 6.79. The Balaban J connectivity index is 2.09. The summed E-state index contributed by atoms with van der Waals surface area (Å²) < 4.78 is 13.3. The van der Waals surface area contributed by atoms with Gasteiger partial charge in [0.2, 0.25) is 0 Å².